The highest BCUT2D eigenvalue weighted by molar-refractivity contribution is 5.75. The van der Waals surface area contributed by atoms with E-state index in [-0.39, 0.29) is 5.96 Å². The number of aliphatic carboxylic acids is 1. The van der Waals surface area contributed by atoms with Crippen LogP contribution in [0.3, 0.4) is 0 Å². The maximum Gasteiger partial charge on any atom is 0.320 e. The molecule has 0 aromatic rings. The second kappa shape index (κ2) is 5.36. The Labute approximate surface area is 70.4 Å². The molecule has 0 aromatic heterocycles. The zero-order chi connectivity index (χ0) is 9.56. The molecule has 1 atom stereocenters. The number of guanidine groups is 1. The third-order valence-electron chi connectivity index (χ3n) is 1.28. The molecular weight excluding hydrogens is 161 g/mol. The fourth-order valence-corrected chi connectivity index (χ4v) is 0.643. The fraction of sp³-hybridized carbons (Fsp3) is 0.667. The highest BCUT2D eigenvalue weighted by atomic mass is 16.4. The van der Waals surface area contributed by atoms with Crippen LogP contribution in [0.15, 0.2) is 4.99 Å². The number of nitrogens with two attached hydrogens (primary N) is 3. The van der Waals surface area contributed by atoms with E-state index in [1.165, 1.54) is 0 Å². The number of carboxylic acid groups (broad SMARTS) is 1. The van der Waals surface area contributed by atoms with Crippen LogP contribution in [0.25, 0.3) is 0 Å². The predicted octanol–water partition coefficient (Wildman–Crippen LogP) is -1.55. The van der Waals surface area contributed by atoms with Crippen LogP contribution in [-0.4, -0.2) is 29.6 Å². The summed E-state index contributed by atoms with van der Waals surface area (Å²) >= 11 is 0. The average molecular weight is 175 g/mol. The first-order valence-electron chi connectivity index (χ1n) is 3.58. The summed E-state index contributed by atoms with van der Waals surface area (Å²) in [6.45, 7) is 0.420. The standard InChI is InChI=1S/C6H14N4O2/c7-4(5(11)12)2-1-3-10-6(8)9/h4H,1-3,7H2,(H,11,12)(H4,8,9,10)/t4-/m0/s1/i2+1. The minimum absolute atomic E-state index is 0.0129. The molecule has 0 rings (SSSR count). The van der Waals surface area contributed by atoms with Gasteiger partial charge >= 0.3 is 5.97 Å². The first-order valence-corrected chi connectivity index (χ1v) is 3.58. The summed E-state index contributed by atoms with van der Waals surface area (Å²) < 4.78 is 0. The smallest absolute Gasteiger partial charge is 0.320 e. The Morgan fingerprint density at radius 3 is 2.50 bits per heavy atom. The lowest BCUT2D eigenvalue weighted by atomic mass is 10.4. The Morgan fingerprint density at radius 2 is 2.08 bits per heavy atom. The van der Waals surface area contributed by atoms with Crippen molar-refractivity contribution in [3.05, 3.63) is 0 Å². The van der Waals surface area contributed by atoms with Crippen molar-refractivity contribution in [3.63, 3.8) is 0 Å². The van der Waals surface area contributed by atoms with E-state index in [9.17, 15) is 4.79 Å². The minimum atomic E-state index is -1.00. The minimum Gasteiger partial charge on any atom is -0.480 e. The Bertz CT molecular complexity index is 176. The zero-order valence-corrected chi connectivity index (χ0v) is 6.73. The SMILES string of the molecule is NC(N)=NCC[13CH2][C@H](N)C(=O)O. The van der Waals surface area contributed by atoms with Gasteiger partial charge in [-0.2, -0.15) is 0 Å². The summed E-state index contributed by atoms with van der Waals surface area (Å²) in [4.78, 5) is 13.9. The van der Waals surface area contributed by atoms with Crippen molar-refractivity contribution in [1.29, 1.82) is 0 Å². The molecule has 0 radical (unpaired) electrons. The lowest BCUT2D eigenvalue weighted by molar-refractivity contribution is -0.138. The average Bonchev–Trinajstić information content (AvgIpc) is 1.97. The summed E-state index contributed by atoms with van der Waals surface area (Å²) in [5.41, 5.74) is 15.3. The van der Waals surface area contributed by atoms with Crippen LogP contribution in [0.2, 0.25) is 0 Å². The molecule has 0 fully saturated rings. The summed E-state index contributed by atoms with van der Waals surface area (Å²) in [5, 5.41) is 8.38. The molecule has 6 heteroatoms. The predicted molar refractivity (Wildman–Crippen MR) is 45.5 cm³/mol. The number of aliphatic imine (C=N–C) groups is 1. The monoisotopic (exact) mass is 175 g/mol. The molecule has 6 nitrogen and oxygen atoms in total. The van der Waals surface area contributed by atoms with Crippen LogP contribution < -0.4 is 17.2 Å². The fourth-order valence-electron chi connectivity index (χ4n) is 0.643. The Kier molecular flexibility index (Phi) is 4.78. The van der Waals surface area contributed by atoms with Gasteiger partial charge in [0.25, 0.3) is 0 Å². The van der Waals surface area contributed by atoms with Gasteiger partial charge in [0.1, 0.15) is 6.04 Å². The quantitative estimate of drug-likeness (QED) is 0.174. The van der Waals surface area contributed by atoms with Gasteiger partial charge in [0, 0.05) is 6.54 Å². The maximum atomic E-state index is 10.2. The molecule has 0 saturated heterocycles. The Morgan fingerprint density at radius 1 is 1.50 bits per heavy atom. The largest absolute Gasteiger partial charge is 0.480 e. The summed E-state index contributed by atoms with van der Waals surface area (Å²) in [6, 6.07) is -0.820. The molecule has 0 spiro atoms. The van der Waals surface area contributed by atoms with E-state index in [0.717, 1.165) is 0 Å². The van der Waals surface area contributed by atoms with Gasteiger partial charge < -0.3 is 22.3 Å². The normalized spacial score (nSPS) is 12.1. The molecule has 7 N–H and O–H groups in total. The van der Waals surface area contributed by atoms with E-state index in [2.05, 4.69) is 4.99 Å². The van der Waals surface area contributed by atoms with E-state index >= 15 is 0 Å². The molecule has 0 aromatic carbocycles. The number of rotatable bonds is 5. The summed E-state index contributed by atoms with van der Waals surface area (Å²) in [5.74, 6) is -0.987. The summed E-state index contributed by atoms with van der Waals surface area (Å²) in [7, 11) is 0. The van der Waals surface area contributed by atoms with Crippen LogP contribution in [0.4, 0.5) is 0 Å². The van der Waals surface area contributed by atoms with Crippen LogP contribution in [-0.2, 0) is 4.79 Å². The third-order valence-corrected chi connectivity index (χ3v) is 1.28. The number of carbonyl (C=O) groups is 1. The van der Waals surface area contributed by atoms with Gasteiger partial charge in [-0.3, -0.25) is 9.79 Å². The van der Waals surface area contributed by atoms with Crippen molar-refractivity contribution in [2.75, 3.05) is 6.54 Å². The molecule has 0 unspecified atom stereocenters. The summed E-state index contributed by atoms with van der Waals surface area (Å²) in [6.07, 6.45) is 0.956. The number of hydrogen-bond donors (Lipinski definition) is 4. The molecule has 0 aliphatic carbocycles. The van der Waals surface area contributed by atoms with Gasteiger partial charge in [0.2, 0.25) is 0 Å². The molecule has 70 valence electrons. The first-order chi connectivity index (χ1) is 5.54. The van der Waals surface area contributed by atoms with Crippen molar-refractivity contribution in [2.24, 2.45) is 22.2 Å². The van der Waals surface area contributed by atoms with Crippen LogP contribution in [0, 0.1) is 0 Å². The van der Waals surface area contributed by atoms with Gasteiger partial charge in [0.15, 0.2) is 5.96 Å². The molecule has 0 aliphatic heterocycles. The highest BCUT2D eigenvalue weighted by Gasteiger charge is 2.09. The van der Waals surface area contributed by atoms with Gasteiger partial charge in [0.05, 0.1) is 0 Å². The Hall–Kier alpha value is -1.30. The third kappa shape index (κ3) is 5.48. The van der Waals surface area contributed by atoms with Crippen molar-refractivity contribution in [3.8, 4) is 0 Å². The zero-order valence-electron chi connectivity index (χ0n) is 6.73. The first kappa shape index (κ1) is 10.7. The second-order valence-electron chi connectivity index (χ2n) is 2.39. The van der Waals surface area contributed by atoms with Crippen molar-refractivity contribution < 1.29 is 9.90 Å². The van der Waals surface area contributed by atoms with E-state index in [4.69, 9.17) is 22.3 Å². The Balaban J connectivity index is 3.44. The molecule has 0 saturated carbocycles. The number of nitrogens with zero attached hydrogens (tertiary/aromatic N) is 1. The lowest BCUT2D eigenvalue weighted by Crippen LogP contribution is -2.30. The molecule has 0 amide bonds. The maximum absolute atomic E-state index is 10.2. The molecule has 12 heavy (non-hydrogen) atoms. The molecular formula is C6H14N4O2. The van der Waals surface area contributed by atoms with Crippen molar-refractivity contribution in [2.45, 2.75) is 18.9 Å². The van der Waals surface area contributed by atoms with Crippen LogP contribution in [0.1, 0.15) is 12.8 Å². The van der Waals surface area contributed by atoms with Crippen molar-refractivity contribution in [1.82, 2.24) is 0 Å². The number of hydrogen-bond acceptors (Lipinski definition) is 3. The van der Waals surface area contributed by atoms with E-state index in [0.29, 0.717) is 19.4 Å². The molecule has 0 heterocycles. The van der Waals surface area contributed by atoms with Gasteiger partial charge in [-0.15, -0.1) is 0 Å². The van der Waals surface area contributed by atoms with E-state index in [1.54, 1.807) is 0 Å². The van der Waals surface area contributed by atoms with Crippen molar-refractivity contribution >= 4 is 11.9 Å². The topological polar surface area (TPSA) is 128 Å². The van der Waals surface area contributed by atoms with Crippen LogP contribution >= 0.6 is 0 Å². The molecule has 0 bridgehead atoms. The van der Waals surface area contributed by atoms with Gasteiger partial charge in [-0.25, -0.2) is 0 Å². The van der Waals surface area contributed by atoms with Crippen LogP contribution in [0.5, 0.6) is 0 Å². The molecule has 0 aliphatic rings. The highest BCUT2D eigenvalue weighted by Crippen LogP contribution is 1.94. The van der Waals surface area contributed by atoms with Gasteiger partial charge in [-0.1, -0.05) is 0 Å². The van der Waals surface area contributed by atoms with E-state index in [1.807, 2.05) is 0 Å². The second-order valence-corrected chi connectivity index (χ2v) is 2.39. The lowest BCUT2D eigenvalue weighted by Gasteiger charge is -2.03. The number of carboxylic acids is 1. The van der Waals surface area contributed by atoms with E-state index < -0.39 is 12.0 Å². The van der Waals surface area contributed by atoms with Gasteiger partial charge in [-0.05, 0) is 12.8 Å².